The van der Waals surface area contributed by atoms with Gasteiger partial charge in [0.05, 0.1) is 7.11 Å². The molecule has 1 amide bonds. The molecule has 2 rings (SSSR count). The lowest BCUT2D eigenvalue weighted by Crippen LogP contribution is -2.32. The molecule has 1 N–H and O–H groups in total. The monoisotopic (exact) mass is 411 g/mol. The summed E-state index contributed by atoms with van der Waals surface area (Å²) in [6.07, 6.45) is 10.3. The summed E-state index contributed by atoms with van der Waals surface area (Å²) >= 11 is 5.91. The van der Waals surface area contributed by atoms with E-state index < -0.39 is 6.10 Å². The summed E-state index contributed by atoms with van der Waals surface area (Å²) in [5, 5.41) is 3.45. The number of amides is 1. The van der Waals surface area contributed by atoms with Crippen LogP contribution in [0.25, 0.3) is 0 Å². The maximum absolute atomic E-state index is 12.6. The topological polar surface area (TPSA) is 56.8 Å². The lowest BCUT2D eigenvalue weighted by molar-refractivity contribution is -0.132. The summed E-state index contributed by atoms with van der Waals surface area (Å²) in [5.74, 6) is 5.68. The fraction of sp³-hybridized carbons (Fsp3) is 0.261. The van der Waals surface area contributed by atoms with Gasteiger partial charge in [0.1, 0.15) is 13.2 Å². The molecule has 29 heavy (non-hydrogen) atoms. The second kappa shape index (κ2) is 11.7. The van der Waals surface area contributed by atoms with Gasteiger partial charge in [0.15, 0.2) is 17.6 Å². The fourth-order valence-electron chi connectivity index (χ4n) is 2.62. The molecule has 0 spiro atoms. The van der Waals surface area contributed by atoms with Gasteiger partial charge in [0, 0.05) is 11.6 Å². The second-order valence-corrected chi connectivity index (χ2v) is 6.40. The number of nitrogens with one attached hydrogen (secondary N) is 1. The summed E-state index contributed by atoms with van der Waals surface area (Å²) < 4.78 is 16.3. The van der Waals surface area contributed by atoms with E-state index in [1.54, 1.807) is 37.4 Å². The lowest BCUT2D eigenvalue weighted by Gasteiger charge is -2.17. The second-order valence-electron chi connectivity index (χ2n) is 5.97. The molecule has 0 aliphatic carbocycles. The van der Waals surface area contributed by atoms with Crippen molar-refractivity contribution in [1.82, 2.24) is 5.32 Å². The average molecular weight is 412 g/mol. The minimum atomic E-state index is -0.808. The van der Waals surface area contributed by atoms with E-state index >= 15 is 0 Å². The van der Waals surface area contributed by atoms with Crippen LogP contribution in [-0.2, 0) is 16.0 Å². The number of halogens is 1. The van der Waals surface area contributed by atoms with E-state index in [0.717, 1.165) is 5.56 Å². The van der Waals surface area contributed by atoms with Gasteiger partial charge in [0.2, 0.25) is 0 Å². The van der Waals surface area contributed by atoms with Gasteiger partial charge in [-0.05, 0) is 41.8 Å². The van der Waals surface area contributed by atoms with E-state index in [1.807, 2.05) is 12.1 Å². The minimum Gasteiger partial charge on any atom is -0.493 e. The lowest BCUT2D eigenvalue weighted by atomic mass is 10.1. The third-order valence-corrected chi connectivity index (χ3v) is 4.25. The molecule has 2 aromatic carbocycles. The van der Waals surface area contributed by atoms with Gasteiger partial charge in [0.25, 0.3) is 5.91 Å². The molecule has 0 aliphatic rings. The first-order chi connectivity index (χ1) is 14.1. The molecule has 150 valence electrons. The zero-order chi connectivity index (χ0) is 21.1. The first-order valence-electron chi connectivity index (χ1n) is 8.90. The van der Waals surface area contributed by atoms with Gasteiger partial charge in [-0.25, -0.2) is 0 Å². The Kier molecular flexibility index (Phi) is 8.92. The Morgan fingerprint density at radius 1 is 1.10 bits per heavy atom. The molecule has 0 unspecified atom stereocenters. The van der Waals surface area contributed by atoms with Crippen molar-refractivity contribution in [3.05, 3.63) is 58.6 Å². The molecule has 0 bridgehead atoms. The van der Waals surface area contributed by atoms with Crippen LogP contribution < -0.4 is 14.8 Å². The number of hydrogen-bond acceptors (Lipinski definition) is 4. The predicted molar refractivity (Wildman–Crippen MR) is 113 cm³/mol. The predicted octanol–water partition coefficient (Wildman–Crippen LogP) is 3.41. The molecular weight excluding hydrogens is 390 g/mol. The number of carbonyl (C=O) groups excluding carboxylic acids is 1. The number of carbonyl (C=O) groups is 1. The summed E-state index contributed by atoms with van der Waals surface area (Å²) in [6.45, 7) is 0.600. The third-order valence-electron chi connectivity index (χ3n) is 4.00. The van der Waals surface area contributed by atoms with Crippen LogP contribution in [-0.4, -0.2) is 32.8 Å². The molecule has 0 saturated heterocycles. The molecule has 0 heterocycles. The van der Waals surface area contributed by atoms with E-state index in [1.165, 1.54) is 0 Å². The molecule has 0 saturated carbocycles. The van der Waals surface area contributed by atoms with Crippen LogP contribution >= 0.6 is 11.6 Å². The smallest absolute Gasteiger partial charge is 0.253 e. The Morgan fingerprint density at radius 3 is 2.48 bits per heavy atom. The number of methoxy groups -OCH3 is 1. The van der Waals surface area contributed by atoms with Crippen LogP contribution in [0.4, 0.5) is 0 Å². The van der Waals surface area contributed by atoms with E-state index in [-0.39, 0.29) is 19.1 Å². The van der Waals surface area contributed by atoms with Crippen molar-refractivity contribution in [3.63, 3.8) is 0 Å². The molecule has 5 nitrogen and oxygen atoms in total. The molecular formula is C23H22ClNO4. The number of benzene rings is 2. The van der Waals surface area contributed by atoms with Crippen LogP contribution in [0.1, 0.15) is 17.2 Å². The van der Waals surface area contributed by atoms with E-state index in [9.17, 15) is 4.79 Å². The zero-order valence-corrected chi connectivity index (χ0v) is 16.9. The standard InChI is InChI=1S/C23H22ClNO4/c1-4-14-28-20-11-6-17(16-21(20)27-3)12-13-25-23(26)22(29-15-5-2)18-7-9-19(24)10-8-18/h1-2,6-11,16,22H,12-15H2,3H3,(H,25,26)/t22-/m1/s1. The largest absolute Gasteiger partial charge is 0.493 e. The molecule has 0 radical (unpaired) electrons. The Balaban J connectivity index is 1.98. The molecule has 0 aromatic heterocycles. The number of ether oxygens (including phenoxy) is 3. The highest BCUT2D eigenvalue weighted by Crippen LogP contribution is 2.28. The maximum atomic E-state index is 12.6. The van der Waals surface area contributed by atoms with Gasteiger partial charge in [-0.3, -0.25) is 4.79 Å². The van der Waals surface area contributed by atoms with Crippen LogP contribution in [0.3, 0.4) is 0 Å². The van der Waals surface area contributed by atoms with E-state index in [0.29, 0.717) is 35.1 Å². The first kappa shape index (κ1) is 22.2. The average Bonchev–Trinajstić information content (AvgIpc) is 2.74. The normalized spacial score (nSPS) is 11.0. The van der Waals surface area contributed by atoms with Crippen molar-refractivity contribution in [2.75, 3.05) is 26.9 Å². The van der Waals surface area contributed by atoms with Gasteiger partial charge in [-0.15, -0.1) is 12.8 Å². The van der Waals surface area contributed by atoms with E-state index in [2.05, 4.69) is 17.2 Å². The van der Waals surface area contributed by atoms with Crippen molar-refractivity contribution in [1.29, 1.82) is 0 Å². The number of terminal acetylenes is 2. The zero-order valence-electron chi connectivity index (χ0n) is 16.1. The van der Waals surface area contributed by atoms with Crippen LogP contribution in [0.15, 0.2) is 42.5 Å². The van der Waals surface area contributed by atoms with Gasteiger partial charge >= 0.3 is 0 Å². The van der Waals surface area contributed by atoms with Crippen molar-refractivity contribution in [2.45, 2.75) is 12.5 Å². The van der Waals surface area contributed by atoms with E-state index in [4.69, 9.17) is 38.7 Å². The van der Waals surface area contributed by atoms with Gasteiger partial charge in [-0.2, -0.15) is 0 Å². The number of rotatable bonds is 10. The quantitative estimate of drug-likeness (QED) is 0.609. The number of hydrogen-bond donors (Lipinski definition) is 1. The van der Waals surface area contributed by atoms with Crippen LogP contribution in [0.2, 0.25) is 5.02 Å². The summed E-state index contributed by atoms with van der Waals surface area (Å²) in [5.41, 5.74) is 1.65. The maximum Gasteiger partial charge on any atom is 0.253 e. The minimum absolute atomic E-state index is 0.0248. The SMILES string of the molecule is C#CCOc1ccc(CCNC(=O)[C@H](OCC#C)c2ccc(Cl)cc2)cc1OC. The van der Waals surface area contributed by atoms with Crippen LogP contribution in [0.5, 0.6) is 11.5 Å². The highest BCUT2D eigenvalue weighted by atomic mass is 35.5. The summed E-state index contributed by atoms with van der Waals surface area (Å²) in [7, 11) is 1.56. The highest BCUT2D eigenvalue weighted by molar-refractivity contribution is 6.30. The first-order valence-corrected chi connectivity index (χ1v) is 9.28. The molecule has 2 aromatic rings. The molecule has 0 aliphatic heterocycles. The Hall–Kier alpha value is -3.12. The van der Waals surface area contributed by atoms with Crippen LogP contribution in [0, 0.1) is 24.7 Å². The Labute approximate surface area is 176 Å². The Bertz CT molecular complexity index is 897. The molecule has 0 fully saturated rings. The third kappa shape index (κ3) is 6.76. The van der Waals surface area contributed by atoms with Crippen molar-refractivity contribution in [3.8, 4) is 36.2 Å². The summed E-state index contributed by atoms with van der Waals surface area (Å²) in [4.78, 5) is 12.6. The molecule has 6 heteroatoms. The summed E-state index contributed by atoms with van der Waals surface area (Å²) in [6, 6.07) is 12.4. The van der Waals surface area contributed by atoms with Gasteiger partial charge < -0.3 is 19.5 Å². The van der Waals surface area contributed by atoms with Crippen molar-refractivity contribution in [2.24, 2.45) is 0 Å². The van der Waals surface area contributed by atoms with Crippen molar-refractivity contribution >= 4 is 17.5 Å². The fourth-order valence-corrected chi connectivity index (χ4v) is 2.75. The highest BCUT2D eigenvalue weighted by Gasteiger charge is 2.21. The van der Waals surface area contributed by atoms with Gasteiger partial charge in [-0.1, -0.05) is 41.6 Å². The van der Waals surface area contributed by atoms with Crippen molar-refractivity contribution < 1.29 is 19.0 Å². The Morgan fingerprint density at radius 2 is 1.83 bits per heavy atom. The molecule has 1 atom stereocenters.